The Morgan fingerprint density at radius 2 is 1.79 bits per heavy atom. The van der Waals surface area contributed by atoms with E-state index in [0.29, 0.717) is 42.5 Å². The van der Waals surface area contributed by atoms with E-state index in [9.17, 15) is 9.59 Å². The molecule has 196 valence electrons. The van der Waals surface area contributed by atoms with Crippen molar-refractivity contribution in [3.63, 3.8) is 0 Å². The second-order valence-corrected chi connectivity index (χ2v) is 10.2. The van der Waals surface area contributed by atoms with Crippen LogP contribution >= 0.6 is 22.9 Å². The second-order valence-electron chi connectivity index (χ2n) is 8.94. The van der Waals surface area contributed by atoms with Crippen molar-refractivity contribution >= 4 is 39.9 Å². The van der Waals surface area contributed by atoms with Crippen molar-refractivity contribution in [3.05, 3.63) is 117 Å². The van der Waals surface area contributed by atoms with Crippen molar-refractivity contribution in [1.29, 1.82) is 0 Å². The van der Waals surface area contributed by atoms with Gasteiger partial charge in [0.1, 0.15) is 0 Å². The van der Waals surface area contributed by atoms with Gasteiger partial charge < -0.3 is 15.0 Å². The summed E-state index contributed by atoms with van der Waals surface area (Å²) < 4.78 is 5.12. The topological polar surface area (TPSA) is 71.5 Å². The highest BCUT2D eigenvalue weighted by molar-refractivity contribution is 7.13. The van der Waals surface area contributed by atoms with Crippen molar-refractivity contribution in [1.82, 2.24) is 10.3 Å². The molecule has 0 saturated carbocycles. The molecular weight excluding hydrogens is 518 g/mol. The van der Waals surface area contributed by atoms with E-state index in [1.807, 2.05) is 60.7 Å². The van der Waals surface area contributed by atoms with Gasteiger partial charge in [0.05, 0.1) is 6.61 Å². The van der Waals surface area contributed by atoms with Gasteiger partial charge in [-0.25, -0.2) is 9.78 Å². The van der Waals surface area contributed by atoms with Crippen LogP contribution in [-0.4, -0.2) is 30.0 Å². The molecule has 0 aliphatic heterocycles. The normalized spacial score (nSPS) is 11.6. The number of amides is 1. The second kappa shape index (κ2) is 13.2. The van der Waals surface area contributed by atoms with E-state index in [0.717, 1.165) is 16.3 Å². The van der Waals surface area contributed by atoms with Crippen LogP contribution in [-0.2, 0) is 17.8 Å². The van der Waals surface area contributed by atoms with Gasteiger partial charge in [0.2, 0.25) is 0 Å². The van der Waals surface area contributed by atoms with E-state index in [2.05, 4.69) is 34.3 Å². The highest BCUT2D eigenvalue weighted by atomic mass is 35.5. The first-order chi connectivity index (χ1) is 18.4. The molecule has 38 heavy (non-hydrogen) atoms. The maximum absolute atomic E-state index is 12.7. The number of esters is 1. The Balaban J connectivity index is 1.47. The molecule has 6 nitrogen and oxygen atoms in total. The van der Waals surface area contributed by atoms with Crippen molar-refractivity contribution < 1.29 is 14.3 Å². The smallest absolute Gasteiger partial charge is 0.357 e. The highest BCUT2D eigenvalue weighted by Gasteiger charge is 2.19. The number of benzene rings is 3. The first-order valence-corrected chi connectivity index (χ1v) is 13.7. The maximum Gasteiger partial charge on any atom is 0.357 e. The van der Waals surface area contributed by atoms with Crippen LogP contribution in [0.5, 0.6) is 0 Å². The van der Waals surface area contributed by atoms with E-state index in [-0.39, 0.29) is 11.8 Å². The molecule has 1 heterocycles. The number of thiazole rings is 1. The molecule has 0 radical (unpaired) electrons. The summed E-state index contributed by atoms with van der Waals surface area (Å²) >= 11 is 7.46. The zero-order valence-electron chi connectivity index (χ0n) is 21.4. The van der Waals surface area contributed by atoms with Crippen LogP contribution in [0.1, 0.15) is 57.3 Å². The van der Waals surface area contributed by atoms with Crippen LogP contribution in [0.15, 0.2) is 84.2 Å². The molecule has 1 unspecified atom stereocenters. The van der Waals surface area contributed by atoms with E-state index in [1.165, 1.54) is 16.9 Å². The van der Waals surface area contributed by atoms with E-state index in [4.69, 9.17) is 16.3 Å². The lowest BCUT2D eigenvalue weighted by Gasteiger charge is -2.26. The van der Waals surface area contributed by atoms with Gasteiger partial charge in [-0.15, -0.1) is 11.3 Å². The summed E-state index contributed by atoms with van der Waals surface area (Å²) in [6, 6.07) is 25.3. The van der Waals surface area contributed by atoms with E-state index < -0.39 is 5.97 Å². The Bertz CT molecular complexity index is 1360. The number of carbonyl (C=O) groups excluding carboxylic acids is 2. The van der Waals surface area contributed by atoms with Crippen molar-refractivity contribution in [2.45, 2.75) is 32.9 Å². The van der Waals surface area contributed by atoms with Gasteiger partial charge in [0.15, 0.2) is 10.8 Å². The lowest BCUT2D eigenvalue weighted by atomic mass is 10.0. The van der Waals surface area contributed by atoms with Gasteiger partial charge in [-0.3, -0.25) is 4.79 Å². The Morgan fingerprint density at radius 3 is 2.50 bits per heavy atom. The molecule has 8 heteroatoms. The summed E-state index contributed by atoms with van der Waals surface area (Å²) in [6.07, 6.45) is 0. The Morgan fingerprint density at radius 1 is 1.03 bits per heavy atom. The number of rotatable bonds is 11. The number of hydrogen-bond acceptors (Lipinski definition) is 6. The maximum atomic E-state index is 12.7. The SMILES string of the molecule is CCOC(=O)c1csc(N(Cc2ccc(C(=O)NCc3cccc(Cl)c3)cc2)CC(C)c2ccccc2)n1. The summed E-state index contributed by atoms with van der Waals surface area (Å²) in [5, 5.41) is 6.06. The minimum Gasteiger partial charge on any atom is -0.461 e. The van der Waals surface area contributed by atoms with Gasteiger partial charge in [-0.2, -0.15) is 0 Å². The number of anilines is 1. The molecule has 0 saturated heterocycles. The molecule has 0 aliphatic rings. The quantitative estimate of drug-likeness (QED) is 0.211. The van der Waals surface area contributed by atoms with Gasteiger partial charge in [-0.05, 0) is 53.8 Å². The molecule has 1 N–H and O–H groups in total. The Hall–Kier alpha value is -3.68. The lowest BCUT2D eigenvalue weighted by Crippen LogP contribution is -2.27. The largest absolute Gasteiger partial charge is 0.461 e. The minimum atomic E-state index is -0.417. The third-order valence-corrected chi connectivity index (χ3v) is 7.18. The molecule has 1 amide bonds. The Labute approximate surface area is 232 Å². The van der Waals surface area contributed by atoms with Crippen LogP contribution in [0.4, 0.5) is 5.13 Å². The Kier molecular flexibility index (Phi) is 9.51. The predicted molar refractivity (Wildman–Crippen MR) is 153 cm³/mol. The van der Waals surface area contributed by atoms with Crippen molar-refractivity contribution in [3.8, 4) is 0 Å². The van der Waals surface area contributed by atoms with Gasteiger partial charge in [-0.1, -0.05) is 73.1 Å². The van der Waals surface area contributed by atoms with Gasteiger partial charge in [0, 0.05) is 35.6 Å². The number of halogens is 1. The van der Waals surface area contributed by atoms with Gasteiger partial charge >= 0.3 is 5.97 Å². The third kappa shape index (κ3) is 7.43. The van der Waals surface area contributed by atoms with Crippen LogP contribution in [0.25, 0.3) is 0 Å². The number of ether oxygens (including phenoxy) is 1. The molecule has 0 aliphatic carbocycles. The molecule has 0 fully saturated rings. The molecule has 4 aromatic rings. The summed E-state index contributed by atoms with van der Waals surface area (Å²) in [4.78, 5) is 31.6. The molecule has 4 rings (SSSR count). The fourth-order valence-electron chi connectivity index (χ4n) is 4.05. The van der Waals surface area contributed by atoms with Crippen LogP contribution in [0.2, 0.25) is 5.02 Å². The molecule has 1 aromatic heterocycles. The number of nitrogens with one attached hydrogen (secondary N) is 1. The zero-order chi connectivity index (χ0) is 26.9. The number of nitrogens with zero attached hydrogens (tertiary/aromatic N) is 2. The van der Waals surface area contributed by atoms with Crippen LogP contribution in [0.3, 0.4) is 0 Å². The first kappa shape index (κ1) is 27.4. The van der Waals surface area contributed by atoms with Crippen molar-refractivity contribution in [2.24, 2.45) is 0 Å². The molecule has 0 bridgehead atoms. The van der Waals surface area contributed by atoms with E-state index >= 15 is 0 Å². The van der Waals surface area contributed by atoms with Crippen LogP contribution < -0.4 is 10.2 Å². The predicted octanol–water partition coefficient (Wildman–Crippen LogP) is 6.71. The summed E-state index contributed by atoms with van der Waals surface area (Å²) in [5.74, 6) is -0.327. The summed E-state index contributed by atoms with van der Waals surface area (Å²) in [7, 11) is 0. The average Bonchev–Trinajstić information content (AvgIpc) is 3.43. The minimum absolute atomic E-state index is 0.148. The standard InChI is InChI=1S/C30H30ClN3O3S/c1-3-37-29(36)27-20-38-30(33-27)34(18-21(2)24-9-5-4-6-10-24)19-22-12-14-25(15-13-22)28(35)32-17-23-8-7-11-26(31)16-23/h4-16,20-21H,3,17-19H2,1-2H3,(H,32,35). The van der Waals surface area contributed by atoms with Gasteiger partial charge in [0.25, 0.3) is 5.91 Å². The molecular formula is C30H30ClN3O3S. The number of hydrogen-bond donors (Lipinski definition) is 1. The summed E-state index contributed by atoms with van der Waals surface area (Å²) in [5.41, 5.74) is 4.10. The summed E-state index contributed by atoms with van der Waals surface area (Å²) in [6.45, 7) is 5.95. The average molecular weight is 548 g/mol. The van der Waals surface area contributed by atoms with E-state index in [1.54, 1.807) is 18.4 Å². The molecule has 3 aromatic carbocycles. The number of carbonyl (C=O) groups is 2. The molecule has 0 spiro atoms. The lowest BCUT2D eigenvalue weighted by molar-refractivity contribution is 0.0520. The zero-order valence-corrected chi connectivity index (χ0v) is 23.0. The number of aromatic nitrogens is 1. The highest BCUT2D eigenvalue weighted by Crippen LogP contribution is 2.27. The molecule has 1 atom stereocenters. The third-order valence-electron chi connectivity index (χ3n) is 6.04. The fourth-order valence-corrected chi connectivity index (χ4v) is 5.07. The van der Waals surface area contributed by atoms with Crippen LogP contribution in [0, 0.1) is 0 Å². The van der Waals surface area contributed by atoms with Crippen molar-refractivity contribution in [2.75, 3.05) is 18.1 Å². The first-order valence-electron chi connectivity index (χ1n) is 12.5. The monoisotopic (exact) mass is 547 g/mol. The fraction of sp³-hybridized carbons (Fsp3) is 0.233.